The van der Waals surface area contributed by atoms with Gasteiger partial charge in [-0.1, -0.05) is 6.92 Å². The predicted molar refractivity (Wildman–Crippen MR) is 92.5 cm³/mol. The van der Waals surface area contributed by atoms with Gasteiger partial charge in [-0.15, -0.1) is 0 Å². The summed E-state index contributed by atoms with van der Waals surface area (Å²) in [4.78, 5) is 19.9. The summed E-state index contributed by atoms with van der Waals surface area (Å²) in [6, 6.07) is 3.96. The summed E-state index contributed by atoms with van der Waals surface area (Å²) in [7, 11) is 1.42. The minimum Gasteiger partial charge on any atom is -0.490 e. The summed E-state index contributed by atoms with van der Waals surface area (Å²) >= 11 is 0. The molecular formula is C18H27N3O3. The Morgan fingerprint density at radius 3 is 2.54 bits per heavy atom. The number of amides is 1. The zero-order chi connectivity index (χ0) is 16.9. The first-order chi connectivity index (χ1) is 11.7. The highest BCUT2D eigenvalue weighted by Crippen LogP contribution is 2.28. The number of methoxy groups -OCH3 is 1. The second kappa shape index (κ2) is 7.73. The number of piperazine rings is 1. The quantitative estimate of drug-likeness (QED) is 0.851. The molecule has 132 valence electrons. The largest absolute Gasteiger partial charge is 0.490 e. The molecule has 6 heteroatoms. The number of ether oxygens (including phenoxy) is 2. The van der Waals surface area contributed by atoms with Crippen LogP contribution in [0.1, 0.15) is 32.6 Å². The first-order valence-electron chi connectivity index (χ1n) is 8.86. The Kier molecular flexibility index (Phi) is 5.43. The van der Waals surface area contributed by atoms with Gasteiger partial charge in [0.05, 0.1) is 13.2 Å². The van der Waals surface area contributed by atoms with Crippen LogP contribution in [0, 0.1) is 5.92 Å². The van der Waals surface area contributed by atoms with Gasteiger partial charge in [0.25, 0.3) is 0 Å². The van der Waals surface area contributed by atoms with Gasteiger partial charge in [0.1, 0.15) is 11.6 Å². The van der Waals surface area contributed by atoms with Crippen molar-refractivity contribution in [2.75, 3.05) is 38.2 Å². The van der Waals surface area contributed by atoms with Gasteiger partial charge >= 0.3 is 6.09 Å². The molecule has 0 N–H and O–H groups in total. The van der Waals surface area contributed by atoms with Crippen molar-refractivity contribution in [3.8, 4) is 5.75 Å². The van der Waals surface area contributed by atoms with Crippen LogP contribution in [0.4, 0.5) is 10.6 Å². The Morgan fingerprint density at radius 2 is 1.88 bits per heavy atom. The molecule has 1 aromatic heterocycles. The van der Waals surface area contributed by atoms with Gasteiger partial charge in [-0.05, 0) is 37.7 Å². The lowest BCUT2D eigenvalue weighted by Gasteiger charge is -2.34. The highest BCUT2D eigenvalue weighted by molar-refractivity contribution is 5.67. The van der Waals surface area contributed by atoms with Crippen LogP contribution in [0.25, 0.3) is 0 Å². The van der Waals surface area contributed by atoms with Crippen LogP contribution in [0.2, 0.25) is 0 Å². The maximum atomic E-state index is 11.6. The molecule has 0 atom stereocenters. The van der Waals surface area contributed by atoms with Crippen LogP contribution >= 0.6 is 0 Å². The molecule has 24 heavy (non-hydrogen) atoms. The monoisotopic (exact) mass is 333 g/mol. The maximum absolute atomic E-state index is 11.6. The van der Waals surface area contributed by atoms with E-state index in [1.54, 1.807) is 4.90 Å². The molecule has 0 spiro atoms. The van der Waals surface area contributed by atoms with Crippen molar-refractivity contribution in [1.29, 1.82) is 0 Å². The fourth-order valence-corrected chi connectivity index (χ4v) is 3.43. The lowest BCUT2D eigenvalue weighted by Crippen LogP contribution is -2.49. The van der Waals surface area contributed by atoms with Crippen molar-refractivity contribution in [1.82, 2.24) is 9.88 Å². The molecule has 1 aliphatic carbocycles. The van der Waals surface area contributed by atoms with Gasteiger partial charge in [0.2, 0.25) is 0 Å². The average molecular weight is 333 g/mol. The topological polar surface area (TPSA) is 54.9 Å². The Balaban J connectivity index is 1.56. The fraction of sp³-hybridized carbons (Fsp3) is 0.667. The van der Waals surface area contributed by atoms with Crippen LogP contribution in [-0.2, 0) is 4.74 Å². The molecule has 1 aromatic rings. The van der Waals surface area contributed by atoms with E-state index < -0.39 is 0 Å². The predicted octanol–water partition coefficient (Wildman–Crippen LogP) is 2.93. The van der Waals surface area contributed by atoms with Gasteiger partial charge in [0, 0.05) is 38.4 Å². The van der Waals surface area contributed by atoms with Gasteiger partial charge in [-0.2, -0.15) is 0 Å². The standard InChI is InChI=1S/C18H27N3O3/c1-14-3-5-15(6-4-14)24-16-7-8-19-17(13-16)20-9-11-21(12-10-20)18(22)23-2/h7-8,13-15H,3-6,9-12H2,1-2H3/t14-,15-. The molecule has 0 radical (unpaired) electrons. The lowest BCUT2D eigenvalue weighted by atomic mass is 9.89. The zero-order valence-corrected chi connectivity index (χ0v) is 14.6. The Hall–Kier alpha value is -1.98. The molecule has 1 amide bonds. The number of nitrogens with zero attached hydrogens (tertiary/aromatic N) is 3. The van der Waals surface area contributed by atoms with Crippen molar-refractivity contribution in [2.45, 2.75) is 38.7 Å². The molecule has 0 aromatic carbocycles. The molecular weight excluding hydrogens is 306 g/mol. The second-order valence-electron chi connectivity index (χ2n) is 6.79. The molecule has 1 saturated carbocycles. The lowest BCUT2D eigenvalue weighted by molar-refractivity contribution is 0.121. The van der Waals surface area contributed by atoms with Crippen molar-refractivity contribution in [3.63, 3.8) is 0 Å². The molecule has 2 heterocycles. The average Bonchev–Trinajstić information content (AvgIpc) is 2.63. The smallest absolute Gasteiger partial charge is 0.409 e. The second-order valence-corrected chi connectivity index (χ2v) is 6.79. The van der Waals surface area contributed by atoms with E-state index in [2.05, 4.69) is 16.8 Å². The van der Waals surface area contributed by atoms with Crippen molar-refractivity contribution < 1.29 is 14.3 Å². The highest BCUT2D eigenvalue weighted by Gasteiger charge is 2.23. The van der Waals surface area contributed by atoms with E-state index in [1.807, 2.05) is 18.3 Å². The minimum atomic E-state index is -0.258. The third kappa shape index (κ3) is 4.10. The third-order valence-electron chi connectivity index (χ3n) is 5.02. The van der Waals surface area contributed by atoms with E-state index in [0.717, 1.165) is 43.4 Å². The molecule has 6 nitrogen and oxygen atoms in total. The summed E-state index contributed by atoms with van der Waals surface area (Å²) in [5.74, 6) is 2.64. The van der Waals surface area contributed by atoms with Crippen LogP contribution < -0.4 is 9.64 Å². The molecule has 2 aliphatic rings. The van der Waals surface area contributed by atoms with E-state index in [4.69, 9.17) is 9.47 Å². The van der Waals surface area contributed by atoms with Gasteiger partial charge < -0.3 is 19.3 Å². The number of aromatic nitrogens is 1. The van der Waals surface area contributed by atoms with Crippen LogP contribution in [0.15, 0.2) is 18.3 Å². The summed E-state index contributed by atoms with van der Waals surface area (Å²) in [5.41, 5.74) is 0. The summed E-state index contributed by atoms with van der Waals surface area (Å²) < 4.78 is 10.9. The van der Waals surface area contributed by atoms with E-state index in [-0.39, 0.29) is 6.09 Å². The highest BCUT2D eigenvalue weighted by atomic mass is 16.5. The molecule has 0 unspecified atom stereocenters. The minimum absolute atomic E-state index is 0.258. The summed E-state index contributed by atoms with van der Waals surface area (Å²) in [6.07, 6.45) is 6.64. The van der Waals surface area contributed by atoms with Gasteiger partial charge in [-0.25, -0.2) is 9.78 Å². The molecule has 0 bridgehead atoms. The van der Waals surface area contributed by atoms with E-state index in [9.17, 15) is 4.79 Å². The number of carbonyl (C=O) groups excluding carboxylic acids is 1. The van der Waals surface area contributed by atoms with Crippen molar-refractivity contribution in [3.05, 3.63) is 18.3 Å². The third-order valence-corrected chi connectivity index (χ3v) is 5.02. The Labute approximate surface area is 143 Å². The number of pyridine rings is 1. The number of carbonyl (C=O) groups is 1. The maximum Gasteiger partial charge on any atom is 0.409 e. The van der Waals surface area contributed by atoms with Crippen LogP contribution in [0.5, 0.6) is 5.75 Å². The molecule has 2 fully saturated rings. The number of hydrogen-bond acceptors (Lipinski definition) is 5. The first kappa shape index (κ1) is 16.9. The Morgan fingerprint density at radius 1 is 1.17 bits per heavy atom. The van der Waals surface area contributed by atoms with Gasteiger partial charge in [-0.3, -0.25) is 0 Å². The first-order valence-corrected chi connectivity index (χ1v) is 8.86. The number of anilines is 1. The number of hydrogen-bond donors (Lipinski definition) is 0. The normalized spacial score (nSPS) is 24.6. The number of rotatable bonds is 3. The Bertz CT molecular complexity index is 550. The van der Waals surface area contributed by atoms with Crippen molar-refractivity contribution >= 4 is 11.9 Å². The SMILES string of the molecule is COC(=O)N1CCN(c2cc(O[C@H]3CC[C@H](C)CC3)ccn2)CC1. The summed E-state index contributed by atoms with van der Waals surface area (Å²) in [5, 5.41) is 0. The zero-order valence-electron chi connectivity index (χ0n) is 14.6. The van der Waals surface area contributed by atoms with Gasteiger partial charge in [0.15, 0.2) is 0 Å². The fourth-order valence-electron chi connectivity index (χ4n) is 3.43. The molecule has 1 saturated heterocycles. The summed E-state index contributed by atoms with van der Waals surface area (Å²) in [6.45, 7) is 5.13. The van der Waals surface area contributed by atoms with E-state index in [1.165, 1.54) is 20.0 Å². The van der Waals surface area contributed by atoms with Crippen LogP contribution in [0.3, 0.4) is 0 Å². The van der Waals surface area contributed by atoms with Crippen molar-refractivity contribution in [2.24, 2.45) is 5.92 Å². The molecule has 1 aliphatic heterocycles. The van der Waals surface area contributed by atoms with E-state index in [0.29, 0.717) is 19.2 Å². The van der Waals surface area contributed by atoms with Crippen LogP contribution in [-0.4, -0.2) is 55.4 Å². The molecule has 3 rings (SSSR count). The van der Waals surface area contributed by atoms with E-state index >= 15 is 0 Å².